The lowest BCUT2D eigenvalue weighted by molar-refractivity contribution is 0.0850. The van der Waals surface area contributed by atoms with Gasteiger partial charge >= 0.3 is 0 Å². The van der Waals surface area contributed by atoms with E-state index >= 15 is 0 Å². The van der Waals surface area contributed by atoms with Gasteiger partial charge in [0.25, 0.3) is 0 Å². The van der Waals surface area contributed by atoms with Crippen molar-refractivity contribution in [2.45, 2.75) is 19.3 Å². The summed E-state index contributed by atoms with van der Waals surface area (Å²) < 4.78 is 0. The van der Waals surface area contributed by atoms with Crippen molar-refractivity contribution in [1.29, 1.82) is 0 Å². The highest BCUT2D eigenvalue weighted by atomic mass is 16.1. The van der Waals surface area contributed by atoms with E-state index in [9.17, 15) is 9.59 Å². The maximum atomic E-state index is 11.6. The van der Waals surface area contributed by atoms with Crippen LogP contribution >= 0.6 is 0 Å². The lowest BCUT2D eigenvalue weighted by Crippen LogP contribution is -2.22. The monoisotopic (exact) mass is 177 g/mol. The zero-order valence-electron chi connectivity index (χ0n) is 7.25. The van der Waals surface area contributed by atoms with Crippen molar-refractivity contribution < 1.29 is 9.59 Å². The van der Waals surface area contributed by atoms with E-state index in [-0.39, 0.29) is 11.7 Å². The standard InChI is InChI=1S/C10H11NO2/c12-6-8-4-5-9(11-8)10(13)7-2-1-3-7/h4-7,11H,1-3H2. The minimum absolute atomic E-state index is 0.152. The van der Waals surface area contributed by atoms with E-state index < -0.39 is 0 Å². The van der Waals surface area contributed by atoms with E-state index in [0.29, 0.717) is 11.4 Å². The first kappa shape index (κ1) is 8.23. The van der Waals surface area contributed by atoms with Gasteiger partial charge in [0.2, 0.25) is 0 Å². The molecule has 1 saturated carbocycles. The highest BCUT2D eigenvalue weighted by Gasteiger charge is 2.26. The molecular weight excluding hydrogens is 166 g/mol. The van der Waals surface area contributed by atoms with Crippen molar-refractivity contribution in [3.8, 4) is 0 Å². The van der Waals surface area contributed by atoms with Crippen molar-refractivity contribution >= 4 is 12.1 Å². The van der Waals surface area contributed by atoms with E-state index in [1.165, 1.54) is 0 Å². The average molecular weight is 177 g/mol. The van der Waals surface area contributed by atoms with Gasteiger partial charge in [0.15, 0.2) is 12.1 Å². The first-order chi connectivity index (χ1) is 6.31. The molecule has 1 heterocycles. The van der Waals surface area contributed by atoms with Gasteiger partial charge in [-0.25, -0.2) is 0 Å². The highest BCUT2D eigenvalue weighted by Crippen LogP contribution is 2.29. The van der Waals surface area contributed by atoms with E-state index in [1.54, 1.807) is 12.1 Å². The minimum Gasteiger partial charge on any atom is -0.350 e. The molecule has 1 aliphatic carbocycles. The second kappa shape index (κ2) is 3.17. The van der Waals surface area contributed by atoms with Crippen LogP contribution in [0.2, 0.25) is 0 Å². The molecule has 0 atom stereocenters. The zero-order chi connectivity index (χ0) is 9.26. The van der Waals surface area contributed by atoms with Gasteiger partial charge < -0.3 is 4.98 Å². The Bertz CT molecular complexity index is 336. The molecule has 0 aromatic carbocycles. The van der Waals surface area contributed by atoms with Crippen LogP contribution in [0.3, 0.4) is 0 Å². The number of aldehydes is 1. The van der Waals surface area contributed by atoms with Crippen LogP contribution in [-0.2, 0) is 0 Å². The number of rotatable bonds is 3. The topological polar surface area (TPSA) is 49.9 Å². The number of hydrogen-bond acceptors (Lipinski definition) is 2. The van der Waals surface area contributed by atoms with Crippen LogP contribution in [0.25, 0.3) is 0 Å². The Balaban J connectivity index is 2.14. The summed E-state index contributed by atoms with van der Waals surface area (Å²) in [4.78, 5) is 24.8. The van der Waals surface area contributed by atoms with E-state index in [2.05, 4.69) is 4.98 Å². The molecule has 0 unspecified atom stereocenters. The number of carbonyl (C=O) groups is 2. The summed E-state index contributed by atoms with van der Waals surface area (Å²) in [5.74, 6) is 0.345. The Morgan fingerprint density at radius 1 is 1.46 bits per heavy atom. The Kier molecular flexibility index (Phi) is 2.00. The fourth-order valence-corrected chi connectivity index (χ4v) is 1.51. The number of aromatic nitrogens is 1. The third-order valence-electron chi connectivity index (χ3n) is 2.58. The summed E-state index contributed by atoms with van der Waals surface area (Å²) in [6, 6.07) is 3.32. The summed E-state index contributed by atoms with van der Waals surface area (Å²) >= 11 is 0. The molecule has 1 aromatic rings. The predicted molar refractivity (Wildman–Crippen MR) is 47.9 cm³/mol. The van der Waals surface area contributed by atoms with E-state index in [4.69, 9.17) is 0 Å². The third kappa shape index (κ3) is 1.41. The molecule has 1 aliphatic rings. The van der Waals surface area contributed by atoms with Gasteiger partial charge in [0.05, 0.1) is 11.4 Å². The van der Waals surface area contributed by atoms with Crippen LogP contribution < -0.4 is 0 Å². The molecule has 68 valence electrons. The Labute approximate surface area is 76.1 Å². The quantitative estimate of drug-likeness (QED) is 0.565. The SMILES string of the molecule is O=Cc1ccc(C(=O)C2CCC2)[nH]1. The van der Waals surface area contributed by atoms with Gasteiger partial charge in [-0.3, -0.25) is 9.59 Å². The highest BCUT2D eigenvalue weighted by molar-refractivity contribution is 5.97. The lowest BCUT2D eigenvalue weighted by Gasteiger charge is -2.22. The normalized spacial score (nSPS) is 16.6. The van der Waals surface area contributed by atoms with E-state index in [0.717, 1.165) is 25.5 Å². The maximum Gasteiger partial charge on any atom is 0.182 e. The van der Waals surface area contributed by atoms with Crippen LogP contribution in [0, 0.1) is 5.92 Å². The minimum atomic E-state index is 0.152. The van der Waals surface area contributed by atoms with Crippen molar-refractivity contribution in [2.75, 3.05) is 0 Å². The number of carbonyl (C=O) groups excluding carboxylic acids is 2. The van der Waals surface area contributed by atoms with Crippen molar-refractivity contribution in [2.24, 2.45) is 5.92 Å². The molecule has 0 spiro atoms. The number of Topliss-reactive ketones (excluding diaryl/α,β-unsaturated/α-hetero) is 1. The number of aromatic amines is 1. The van der Waals surface area contributed by atoms with Crippen molar-refractivity contribution in [3.63, 3.8) is 0 Å². The van der Waals surface area contributed by atoms with Crippen LogP contribution in [0.5, 0.6) is 0 Å². The molecular formula is C10H11NO2. The molecule has 0 aliphatic heterocycles. The number of nitrogens with one attached hydrogen (secondary N) is 1. The molecule has 1 aromatic heterocycles. The fraction of sp³-hybridized carbons (Fsp3) is 0.400. The molecule has 3 nitrogen and oxygen atoms in total. The smallest absolute Gasteiger partial charge is 0.182 e. The van der Waals surface area contributed by atoms with Crippen molar-refractivity contribution in [1.82, 2.24) is 4.98 Å². The Morgan fingerprint density at radius 3 is 2.69 bits per heavy atom. The molecule has 2 rings (SSSR count). The lowest BCUT2D eigenvalue weighted by atomic mass is 9.81. The number of ketones is 1. The summed E-state index contributed by atoms with van der Waals surface area (Å²) in [7, 11) is 0. The van der Waals surface area contributed by atoms with Crippen LogP contribution in [0.4, 0.5) is 0 Å². The van der Waals surface area contributed by atoms with Gasteiger partial charge in [-0.2, -0.15) is 0 Å². The Hall–Kier alpha value is -1.38. The maximum absolute atomic E-state index is 11.6. The largest absolute Gasteiger partial charge is 0.350 e. The average Bonchev–Trinajstić information content (AvgIpc) is 2.48. The second-order valence-corrected chi connectivity index (χ2v) is 3.44. The van der Waals surface area contributed by atoms with Crippen molar-refractivity contribution in [3.05, 3.63) is 23.5 Å². The molecule has 1 N–H and O–H groups in total. The molecule has 13 heavy (non-hydrogen) atoms. The first-order valence-corrected chi connectivity index (χ1v) is 4.49. The Morgan fingerprint density at radius 2 is 2.23 bits per heavy atom. The number of hydrogen-bond donors (Lipinski definition) is 1. The van der Waals surface area contributed by atoms with Gasteiger partial charge in [0.1, 0.15) is 0 Å². The van der Waals surface area contributed by atoms with E-state index in [1.807, 2.05) is 0 Å². The van der Waals surface area contributed by atoms with Crippen LogP contribution in [-0.4, -0.2) is 17.1 Å². The van der Waals surface area contributed by atoms with Crippen LogP contribution in [0.1, 0.15) is 40.2 Å². The van der Waals surface area contributed by atoms with Crippen LogP contribution in [0.15, 0.2) is 12.1 Å². The second-order valence-electron chi connectivity index (χ2n) is 3.44. The molecule has 0 saturated heterocycles. The summed E-state index contributed by atoms with van der Waals surface area (Å²) in [5.41, 5.74) is 1.05. The number of H-pyrrole nitrogens is 1. The summed E-state index contributed by atoms with van der Waals surface area (Å²) in [5, 5.41) is 0. The van der Waals surface area contributed by atoms with Gasteiger partial charge in [-0.05, 0) is 25.0 Å². The van der Waals surface area contributed by atoms with Gasteiger partial charge in [-0.1, -0.05) is 6.42 Å². The fourth-order valence-electron chi connectivity index (χ4n) is 1.51. The first-order valence-electron chi connectivity index (χ1n) is 4.49. The third-order valence-corrected chi connectivity index (χ3v) is 2.58. The summed E-state index contributed by atoms with van der Waals surface area (Å²) in [6.07, 6.45) is 3.86. The molecule has 0 bridgehead atoms. The molecule has 1 fully saturated rings. The summed E-state index contributed by atoms with van der Waals surface area (Å²) in [6.45, 7) is 0. The zero-order valence-corrected chi connectivity index (χ0v) is 7.25. The molecule has 0 radical (unpaired) electrons. The van der Waals surface area contributed by atoms with Gasteiger partial charge in [-0.15, -0.1) is 0 Å². The van der Waals surface area contributed by atoms with Gasteiger partial charge in [0, 0.05) is 5.92 Å². The molecule has 0 amide bonds. The molecule has 3 heteroatoms. The predicted octanol–water partition coefficient (Wildman–Crippen LogP) is 1.81.